The van der Waals surface area contributed by atoms with Crippen molar-refractivity contribution >= 4 is 17.9 Å². The van der Waals surface area contributed by atoms with Gasteiger partial charge in [0.25, 0.3) is 5.22 Å². The minimum Gasteiger partial charge on any atom is -0.444 e. The molecule has 1 N–H and O–H groups in total. The van der Waals surface area contributed by atoms with Crippen LogP contribution in [0.1, 0.15) is 58.5 Å². The maximum atomic E-state index is 13.7. The summed E-state index contributed by atoms with van der Waals surface area (Å²) in [6, 6.07) is 6.10. The number of carbonyl (C=O) groups is 1. The molecule has 0 spiro atoms. The van der Waals surface area contributed by atoms with Gasteiger partial charge in [0.05, 0.1) is 0 Å². The lowest BCUT2D eigenvalue weighted by Crippen LogP contribution is -2.37. The fraction of sp³-hybridized carbons (Fsp3) is 0.526. The molecule has 1 aromatic heterocycles. The van der Waals surface area contributed by atoms with Crippen molar-refractivity contribution in [3.8, 4) is 0 Å². The molecule has 0 radical (unpaired) electrons. The molecule has 0 unspecified atom stereocenters. The van der Waals surface area contributed by atoms with E-state index < -0.39 is 17.7 Å². The van der Waals surface area contributed by atoms with E-state index in [1.54, 1.807) is 39.0 Å². The smallest absolute Gasteiger partial charge is 0.408 e. The van der Waals surface area contributed by atoms with Crippen LogP contribution < -0.4 is 5.32 Å². The first-order valence-electron chi connectivity index (χ1n) is 8.88. The van der Waals surface area contributed by atoms with Gasteiger partial charge in [0.1, 0.15) is 17.5 Å². The van der Waals surface area contributed by atoms with E-state index >= 15 is 0 Å². The molecule has 148 valence electrons. The Morgan fingerprint density at radius 1 is 1.33 bits per heavy atom. The monoisotopic (exact) mass is 395 g/mol. The fourth-order valence-corrected chi connectivity index (χ4v) is 3.03. The predicted octanol–water partition coefficient (Wildman–Crippen LogP) is 5.11. The van der Waals surface area contributed by atoms with Crippen molar-refractivity contribution in [2.75, 3.05) is 0 Å². The molecule has 2 rings (SSSR count). The van der Waals surface area contributed by atoms with Crippen LogP contribution in [-0.2, 0) is 10.5 Å². The van der Waals surface area contributed by atoms with E-state index in [0.717, 1.165) is 6.42 Å². The third-order valence-corrected chi connectivity index (χ3v) is 4.75. The molecule has 1 amide bonds. The molecule has 0 aliphatic carbocycles. The van der Waals surface area contributed by atoms with Gasteiger partial charge in [-0.25, -0.2) is 9.18 Å². The third kappa shape index (κ3) is 6.53. The van der Waals surface area contributed by atoms with Gasteiger partial charge in [0.15, 0.2) is 0 Å². The molecule has 0 saturated heterocycles. The van der Waals surface area contributed by atoms with Crippen molar-refractivity contribution in [1.82, 2.24) is 15.5 Å². The predicted molar refractivity (Wildman–Crippen MR) is 102 cm³/mol. The third-order valence-electron chi connectivity index (χ3n) is 3.88. The van der Waals surface area contributed by atoms with Gasteiger partial charge in [-0.2, -0.15) is 0 Å². The topological polar surface area (TPSA) is 77.2 Å². The average molecular weight is 396 g/mol. The molecule has 2 aromatic rings. The number of hydrogen-bond donors (Lipinski definition) is 1. The highest BCUT2D eigenvalue weighted by molar-refractivity contribution is 7.98. The highest BCUT2D eigenvalue weighted by Crippen LogP contribution is 2.28. The van der Waals surface area contributed by atoms with Crippen LogP contribution in [0.25, 0.3) is 0 Å². The second-order valence-corrected chi connectivity index (χ2v) is 8.22. The number of rotatable bonds is 7. The Morgan fingerprint density at radius 2 is 2.04 bits per heavy atom. The number of ether oxygens (including phenoxy) is 1. The molecule has 2 atom stereocenters. The Bertz CT molecular complexity index is 761. The summed E-state index contributed by atoms with van der Waals surface area (Å²) in [6.45, 7) is 9.40. The van der Waals surface area contributed by atoms with Crippen molar-refractivity contribution in [3.05, 3.63) is 41.5 Å². The molecule has 1 heterocycles. The molecule has 27 heavy (non-hydrogen) atoms. The Labute approximate surface area is 163 Å². The zero-order valence-electron chi connectivity index (χ0n) is 16.3. The van der Waals surface area contributed by atoms with Crippen LogP contribution in [0.15, 0.2) is 33.9 Å². The van der Waals surface area contributed by atoms with Crippen molar-refractivity contribution < 1.29 is 18.3 Å². The summed E-state index contributed by atoms with van der Waals surface area (Å²) < 4.78 is 24.7. The first kappa shape index (κ1) is 21.2. The maximum Gasteiger partial charge on any atom is 0.408 e. The quantitative estimate of drug-likeness (QED) is 0.656. The molecule has 1 aromatic carbocycles. The van der Waals surface area contributed by atoms with E-state index in [-0.39, 0.29) is 11.7 Å². The van der Waals surface area contributed by atoms with Crippen LogP contribution in [0.2, 0.25) is 0 Å². The summed E-state index contributed by atoms with van der Waals surface area (Å²) in [5, 5.41) is 11.2. The highest BCUT2D eigenvalue weighted by Gasteiger charge is 2.28. The van der Waals surface area contributed by atoms with Gasteiger partial charge in [-0.1, -0.05) is 50.2 Å². The summed E-state index contributed by atoms with van der Waals surface area (Å²) in [4.78, 5) is 12.1. The summed E-state index contributed by atoms with van der Waals surface area (Å²) >= 11 is 1.25. The standard InChI is InChI=1S/C19H26FN3O3S/c1-6-12(2)15(21-17(24)26-19(3,4)5)16-22-23-18(25-16)27-11-13-9-7-8-10-14(13)20/h7-10,12,15H,6,11H2,1-5H3,(H,21,24)/t12-,15-/m1/s1. The lowest BCUT2D eigenvalue weighted by molar-refractivity contribution is 0.0473. The van der Waals surface area contributed by atoms with Gasteiger partial charge in [0.2, 0.25) is 5.89 Å². The van der Waals surface area contributed by atoms with E-state index in [4.69, 9.17) is 9.15 Å². The lowest BCUT2D eigenvalue weighted by Gasteiger charge is -2.24. The van der Waals surface area contributed by atoms with E-state index in [0.29, 0.717) is 22.4 Å². The molecule has 6 nitrogen and oxygen atoms in total. The number of halogens is 1. The average Bonchev–Trinajstić information content (AvgIpc) is 3.05. The Morgan fingerprint density at radius 3 is 2.67 bits per heavy atom. The number of alkyl carbamates (subject to hydrolysis) is 1. The van der Waals surface area contributed by atoms with Crippen molar-refractivity contribution in [2.45, 2.75) is 63.7 Å². The summed E-state index contributed by atoms with van der Waals surface area (Å²) in [5.74, 6) is 0.490. The number of amides is 1. The molecule has 0 fully saturated rings. The summed E-state index contributed by atoms with van der Waals surface area (Å²) in [6.07, 6.45) is 0.271. The number of benzene rings is 1. The number of nitrogens with one attached hydrogen (secondary N) is 1. The minimum absolute atomic E-state index is 0.0717. The first-order chi connectivity index (χ1) is 12.7. The highest BCUT2D eigenvalue weighted by atomic mass is 32.2. The molecule has 0 aliphatic rings. The van der Waals surface area contributed by atoms with Crippen LogP contribution in [-0.4, -0.2) is 21.9 Å². The zero-order valence-corrected chi connectivity index (χ0v) is 17.1. The first-order valence-corrected chi connectivity index (χ1v) is 9.87. The molecule has 0 bridgehead atoms. The van der Waals surface area contributed by atoms with Crippen LogP contribution in [0.3, 0.4) is 0 Å². The summed E-state index contributed by atoms with van der Waals surface area (Å²) in [5.41, 5.74) is -0.0349. The van der Waals surface area contributed by atoms with Crippen molar-refractivity contribution in [3.63, 3.8) is 0 Å². The lowest BCUT2D eigenvalue weighted by atomic mass is 9.99. The molecule has 0 aliphatic heterocycles. The van der Waals surface area contributed by atoms with Gasteiger partial charge in [0, 0.05) is 5.75 Å². The normalized spacial score (nSPS) is 13.9. The largest absolute Gasteiger partial charge is 0.444 e. The summed E-state index contributed by atoms with van der Waals surface area (Å²) in [7, 11) is 0. The molecular weight excluding hydrogens is 369 g/mol. The number of aromatic nitrogens is 2. The Kier molecular flexibility index (Phi) is 7.24. The van der Waals surface area contributed by atoms with Gasteiger partial charge in [-0.05, 0) is 38.3 Å². The van der Waals surface area contributed by atoms with Gasteiger partial charge in [-0.3, -0.25) is 0 Å². The second kappa shape index (κ2) is 9.21. The number of hydrogen-bond acceptors (Lipinski definition) is 6. The number of nitrogens with zero attached hydrogens (tertiary/aromatic N) is 2. The number of thioether (sulfide) groups is 1. The van der Waals surface area contributed by atoms with Crippen LogP contribution in [0.5, 0.6) is 0 Å². The van der Waals surface area contributed by atoms with E-state index in [1.165, 1.54) is 17.8 Å². The second-order valence-electron chi connectivity index (χ2n) is 7.30. The maximum absolute atomic E-state index is 13.7. The van der Waals surface area contributed by atoms with E-state index in [2.05, 4.69) is 15.5 Å². The SMILES string of the molecule is CC[C@@H](C)[C@@H](NC(=O)OC(C)(C)C)c1nnc(SCc2ccccc2F)o1. The van der Waals surface area contributed by atoms with Crippen molar-refractivity contribution in [2.24, 2.45) is 5.92 Å². The van der Waals surface area contributed by atoms with Gasteiger partial charge in [-0.15, -0.1) is 10.2 Å². The van der Waals surface area contributed by atoms with Crippen LogP contribution >= 0.6 is 11.8 Å². The zero-order chi connectivity index (χ0) is 20.0. The van der Waals surface area contributed by atoms with Crippen LogP contribution in [0, 0.1) is 11.7 Å². The molecular formula is C19H26FN3O3S. The molecule has 8 heteroatoms. The Balaban J connectivity index is 2.06. The van der Waals surface area contributed by atoms with Crippen molar-refractivity contribution in [1.29, 1.82) is 0 Å². The van der Waals surface area contributed by atoms with Crippen LogP contribution in [0.4, 0.5) is 9.18 Å². The van der Waals surface area contributed by atoms with E-state index in [1.807, 2.05) is 13.8 Å². The fourth-order valence-electron chi connectivity index (χ4n) is 2.28. The van der Waals surface area contributed by atoms with Gasteiger partial charge < -0.3 is 14.5 Å². The number of carbonyl (C=O) groups excluding carboxylic acids is 1. The minimum atomic E-state index is -0.598. The van der Waals surface area contributed by atoms with Gasteiger partial charge >= 0.3 is 6.09 Å². The Hall–Kier alpha value is -2.09. The molecule has 0 saturated carbocycles. The van der Waals surface area contributed by atoms with E-state index in [9.17, 15) is 9.18 Å².